The van der Waals surface area contributed by atoms with E-state index in [4.69, 9.17) is 14.6 Å². The second kappa shape index (κ2) is 6.39. The molecule has 0 aliphatic carbocycles. The monoisotopic (exact) mass is 317 g/mol. The summed E-state index contributed by atoms with van der Waals surface area (Å²) in [6.07, 6.45) is 1.65. The number of anilines is 1. The summed E-state index contributed by atoms with van der Waals surface area (Å²) in [7, 11) is 0. The van der Waals surface area contributed by atoms with Gasteiger partial charge in [0.15, 0.2) is 17.3 Å². The van der Waals surface area contributed by atoms with Crippen molar-refractivity contribution in [1.29, 1.82) is 0 Å². The molecule has 0 saturated heterocycles. The Balaban J connectivity index is 1.61. The average Bonchev–Trinajstić information content (AvgIpc) is 2.93. The number of carboxylic acid groups (broad SMARTS) is 1. The fourth-order valence-corrected chi connectivity index (χ4v) is 2.23. The number of aliphatic carboxylic acids is 1. The molecule has 1 amide bonds. The first-order valence-electron chi connectivity index (χ1n) is 7.04. The lowest BCUT2D eigenvalue weighted by Crippen LogP contribution is -2.17. The third kappa shape index (κ3) is 3.79. The Hall–Kier alpha value is -3.03. The minimum atomic E-state index is -0.998. The van der Waals surface area contributed by atoms with Gasteiger partial charge in [-0.2, -0.15) is 5.10 Å². The number of ether oxygens (including phenoxy) is 2. The number of rotatable bonds is 5. The molecule has 8 nitrogen and oxygen atoms in total. The van der Waals surface area contributed by atoms with Gasteiger partial charge < -0.3 is 19.9 Å². The molecule has 0 unspecified atom stereocenters. The summed E-state index contributed by atoms with van der Waals surface area (Å²) in [4.78, 5) is 22.6. The van der Waals surface area contributed by atoms with Crippen LogP contribution in [-0.2, 0) is 22.6 Å². The molecule has 1 aliphatic rings. The molecule has 0 bridgehead atoms. The Morgan fingerprint density at radius 2 is 2.00 bits per heavy atom. The quantitative estimate of drug-likeness (QED) is 0.850. The van der Waals surface area contributed by atoms with E-state index in [-0.39, 0.29) is 18.9 Å². The number of aromatic nitrogens is 2. The van der Waals surface area contributed by atoms with Crippen LogP contribution in [0.2, 0.25) is 0 Å². The highest BCUT2D eigenvalue weighted by atomic mass is 16.6. The number of hydrogen-bond acceptors (Lipinski definition) is 5. The van der Waals surface area contributed by atoms with Crippen LogP contribution in [-0.4, -0.2) is 40.0 Å². The third-order valence-corrected chi connectivity index (χ3v) is 3.18. The van der Waals surface area contributed by atoms with Crippen molar-refractivity contribution in [3.63, 3.8) is 0 Å². The van der Waals surface area contributed by atoms with Crippen LogP contribution < -0.4 is 14.8 Å². The number of benzene rings is 1. The molecule has 1 aromatic heterocycles. The number of carboxylic acids is 1. The van der Waals surface area contributed by atoms with Gasteiger partial charge in [-0.1, -0.05) is 6.07 Å². The molecule has 8 heteroatoms. The van der Waals surface area contributed by atoms with Crippen molar-refractivity contribution in [1.82, 2.24) is 9.78 Å². The predicted molar refractivity (Wildman–Crippen MR) is 79.6 cm³/mol. The summed E-state index contributed by atoms with van der Waals surface area (Å²) in [5.41, 5.74) is 0.789. The molecule has 120 valence electrons. The number of nitrogens with one attached hydrogen (secondary N) is 1. The Morgan fingerprint density at radius 3 is 2.78 bits per heavy atom. The van der Waals surface area contributed by atoms with Crippen LogP contribution in [0.5, 0.6) is 11.5 Å². The number of amides is 1. The molecule has 0 spiro atoms. The van der Waals surface area contributed by atoms with Crippen molar-refractivity contribution < 1.29 is 24.2 Å². The third-order valence-electron chi connectivity index (χ3n) is 3.18. The van der Waals surface area contributed by atoms with E-state index in [1.165, 1.54) is 10.9 Å². The first-order valence-corrected chi connectivity index (χ1v) is 7.04. The lowest BCUT2D eigenvalue weighted by Gasteiger charge is -2.18. The predicted octanol–water partition coefficient (Wildman–Crippen LogP) is 0.920. The maximum absolute atomic E-state index is 12.0. The Kier molecular flexibility index (Phi) is 4.13. The van der Waals surface area contributed by atoms with Crippen LogP contribution in [0, 0.1) is 0 Å². The average molecular weight is 317 g/mol. The van der Waals surface area contributed by atoms with E-state index in [0.29, 0.717) is 30.5 Å². The zero-order valence-corrected chi connectivity index (χ0v) is 12.2. The lowest BCUT2D eigenvalue weighted by atomic mass is 10.1. The van der Waals surface area contributed by atoms with Crippen molar-refractivity contribution in [2.24, 2.45) is 0 Å². The van der Waals surface area contributed by atoms with Gasteiger partial charge in [-0.3, -0.25) is 14.3 Å². The number of nitrogens with zero attached hydrogens (tertiary/aromatic N) is 2. The molecule has 0 radical (unpaired) electrons. The van der Waals surface area contributed by atoms with E-state index in [1.54, 1.807) is 24.3 Å². The minimum Gasteiger partial charge on any atom is -0.486 e. The lowest BCUT2D eigenvalue weighted by molar-refractivity contribution is -0.137. The van der Waals surface area contributed by atoms with Crippen molar-refractivity contribution in [2.75, 3.05) is 18.5 Å². The largest absolute Gasteiger partial charge is 0.486 e. The van der Waals surface area contributed by atoms with Gasteiger partial charge in [0.1, 0.15) is 19.8 Å². The normalized spacial score (nSPS) is 12.7. The molecule has 0 saturated carbocycles. The summed E-state index contributed by atoms with van der Waals surface area (Å²) in [6.45, 7) is 0.757. The number of hydrogen-bond donors (Lipinski definition) is 2. The van der Waals surface area contributed by atoms with Gasteiger partial charge in [-0.25, -0.2) is 0 Å². The van der Waals surface area contributed by atoms with E-state index in [1.807, 2.05) is 0 Å². The van der Waals surface area contributed by atoms with Gasteiger partial charge in [-0.05, 0) is 17.7 Å². The fourth-order valence-electron chi connectivity index (χ4n) is 2.23. The van der Waals surface area contributed by atoms with Crippen LogP contribution in [0.4, 0.5) is 5.82 Å². The summed E-state index contributed by atoms with van der Waals surface area (Å²) in [5, 5.41) is 15.3. The van der Waals surface area contributed by atoms with E-state index in [9.17, 15) is 9.59 Å². The topological polar surface area (TPSA) is 103 Å². The van der Waals surface area contributed by atoms with Crippen LogP contribution in [0.1, 0.15) is 5.56 Å². The number of carbonyl (C=O) groups is 2. The van der Waals surface area contributed by atoms with E-state index in [0.717, 1.165) is 5.56 Å². The molecule has 1 aliphatic heterocycles. The molecule has 0 atom stereocenters. The molecule has 3 rings (SSSR count). The smallest absolute Gasteiger partial charge is 0.325 e. The second-order valence-corrected chi connectivity index (χ2v) is 5.00. The first kappa shape index (κ1) is 14.9. The molecule has 1 aromatic carbocycles. The molecule has 23 heavy (non-hydrogen) atoms. The molecule has 2 N–H and O–H groups in total. The summed E-state index contributed by atoms with van der Waals surface area (Å²) in [5.74, 6) is 0.374. The van der Waals surface area contributed by atoms with Crippen LogP contribution in [0.3, 0.4) is 0 Å². The van der Waals surface area contributed by atoms with Crippen molar-refractivity contribution in [3.8, 4) is 11.5 Å². The van der Waals surface area contributed by atoms with E-state index >= 15 is 0 Å². The molecular formula is C15H15N3O5. The zero-order valence-electron chi connectivity index (χ0n) is 12.2. The molecular weight excluding hydrogens is 302 g/mol. The summed E-state index contributed by atoms with van der Waals surface area (Å²) < 4.78 is 12.1. The number of carbonyl (C=O) groups excluding carboxylic acids is 1. The van der Waals surface area contributed by atoms with Gasteiger partial charge in [0, 0.05) is 12.3 Å². The van der Waals surface area contributed by atoms with Gasteiger partial charge in [0.05, 0.1) is 6.42 Å². The highest BCUT2D eigenvalue weighted by Crippen LogP contribution is 2.30. The summed E-state index contributed by atoms with van der Waals surface area (Å²) in [6, 6.07) is 6.90. The maximum atomic E-state index is 12.0. The standard InChI is InChI=1S/C15H15N3O5/c19-14(16-13-3-4-18(17-13)9-15(20)21)8-10-1-2-11-12(7-10)23-6-5-22-11/h1-4,7H,5-6,8-9H2,(H,20,21)(H,16,17,19). The minimum absolute atomic E-state index is 0.155. The van der Waals surface area contributed by atoms with E-state index < -0.39 is 5.97 Å². The highest BCUT2D eigenvalue weighted by Gasteiger charge is 2.13. The van der Waals surface area contributed by atoms with Gasteiger partial charge in [0.2, 0.25) is 5.91 Å². The maximum Gasteiger partial charge on any atom is 0.325 e. The van der Waals surface area contributed by atoms with Gasteiger partial charge >= 0.3 is 5.97 Å². The second-order valence-electron chi connectivity index (χ2n) is 5.00. The number of fused-ring (bicyclic) bond motifs is 1. The van der Waals surface area contributed by atoms with Crippen LogP contribution >= 0.6 is 0 Å². The Labute approximate surface area is 131 Å². The molecule has 2 heterocycles. The van der Waals surface area contributed by atoms with E-state index in [2.05, 4.69) is 10.4 Å². The Morgan fingerprint density at radius 1 is 1.22 bits per heavy atom. The SMILES string of the molecule is O=C(O)Cn1ccc(NC(=O)Cc2ccc3c(c2)OCCO3)n1. The molecule has 0 fully saturated rings. The van der Waals surface area contributed by atoms with Crippen LogP contribution in [0.15, 0.2) is 30.5 Å². The van der Waals surface area contributed by atoms with Crippen molar-refractivity contribution in [3.05, 3.63) is 36.0 Å². The van der Waals surface area contributed by atoms with Gasteiger partial charge in [0.25, 0.3) is 0 Å². The van der Waals surface area contributed by atoms with Gasteiger partial charge in [-0.15, -0.1) is 0 Å². The fraction of sp³-hybridized carbons (Fsp3) is 0.267. The molecule has 2 aromatic rings. The van der Waals surface area contributed by atoms with Crippen molar-refractivity contribution >= 4 is 17.7 Å². The van der Waals surface area contributed by atoms with Crippen LogP contribution in [0.25, 0.3) is 0 Å². The zero-order chi connectivity index (χ0) is 16.2. The Bertz CT molecular complexity index is 740. The highest BCUT2D eigenvalue weighted by molar-refractivity contribution is 5.91. The van der Waals surface area contributed by atoms with Crippen molar-refractivity contribution in [2.45, 2.75) is 13.0 Å². The summed E-state index contributed by atoms with van der Waals surface area (Å²) >= 11 is 0. The first-order chi connectivity index (χ1) is 11.1.